The Morgan fingerprint density at radius 1 is 1.75 bits per heavy atom. The van der Waals surface area contributed by atoms with Gasteiger partial charge in [0.25, 0.3) is 0 Å². The first-order chi connectivity index (χ1) is 5.39. The highest BCUT2D eigenvalue weighted by molar-refractivity contribution is 5.75. The molecule has 1 unspecified atom stereocenters. The molecule has 0 aromatic heterocycles. The molecule has 0 bridgehead atoms. The van der Waals surface area contributed by atoms with Gasteiger partial charge in [-0.2, -0.15) is 0 Å². The van der Waals surface area contributed by atoms with Crippen molar-refractivity contribution in [1.82, 2.24) is 5.32 Å². The predicted octanol–water partition coefficient (Wildman–Crippen LogP) is 0.381. The topological polar surface area (TPSA) is 58.6 Å². The van der Waals surface area contributed by atoms with E-state index in [4.69, 9.17) is 5.11 Å². The molecule has 72 valence electrons. The molecule has 0 spiro atoms. The van der Waals surface area contributed by atoms with Crippen LogP contribution in [0.3, 0.4) is 0 Å². The van der Waals surface area contributed by atoms with Gasteiger partial charge in [0.15, 0.2) is 0 Å². The number of carboxylic acid groups (broad SMARTS) is 1. The highest BCUT2D eigenvalue weighted by atomic mass is 19.1. The Morgan fingerprint density at radius 2 is 2.25 bits per heavy atom. The number of halogens is 1. The highest BCUT2D eigenvalue weighted by Crippen LogP contribution is 2.14. The average molecular weight is 179 g/mol. The first-order valence-corrected chi connectivity index (χ1v) is 3.53. The van der Waals surface area contributed by atoms with Crippen molar-refractivity contribution in [2.75, 3.05) is 13.8 Å². The van der Waals surface area contributed by atoms with Gasteiger partial charge in [-0.1, -0.05) is 0 Å². The molecule has 0 aliphatic rings. The van der Waals surface area contributed by atoms with Crippen molar-refractivity contribution in [3.8, 4) is 0 Å². The first kappa shape index (κ1) is 11.3. The Hall–Kier alpha value is -0.680. The van der Waals surface area contributed by atoms with E-state index in [2.05, 4.69) is 10.1 Å². The van der Waals surface area contributed by atoms with Gasteiger partial charge < -0.3 is 9.84 Å². The second kappa shape index (κ2) is 4.37. The quantitative estimate of drug-likeness (QED) is 0.599. The molecule has 0 rings (SSSR count). The maximum absolute atomic E-state index is 13.1. The van der Waals surface area contributed by atoms with E-state index in [0.717, 1.165) is 0 Å². The zero-order valence-electron chi connectivity index (χ0n) is 7.43. The number of hydrogen-bond acceptors (Lipinski definition) is 3. The minimum atomic E-state index is -1.80. The van der Waals surface area contributed by atoms with Crippen LogP contribution in [0.25, 0.3) is 0 Å². The van der Waals surface area contributed by atoms with Crippen molar-refractivity contribution >= 4 is 5.97 Å². The number of alkyl halides is 1. The van der Waals surface area contributed by atoms with E-state index >= 15 is 0 Å². The third-order valence-corrected chi connectivity index (χ3v) is 1.37. The molecule has 4 nitrogen and oxygen atoms in total. The van der Waals surface area contributed by atoms with Crippen LogP contribution in [0.5, 0.6) is 0 Å². The Labute approximate surface area is 70.7 Å². The smallest absolute Gasteiger partial charge is 0.324 e. The predicted molar refractivity (Wildman–Crippen MR) is 41.6 cm³/mol. The molecule has 0 fully saturated rings. The van der Waals surface area contributed by atoms with Crippen LogP contribution in [0.4, 0.5) is 4.39 Å². The summed E-state index contributed by atoms with van der Waals surface area (Å²) in [6.45, 7) is 2.42. The summed E-state index contributed by atoms with van der Waals surface area (Å²) in [7, 11) is 1.40. The number of nitrogens with one attached hydrogen (secondary N) is 1. The van der Waals surface area contributed by atoms with Gasteiger partial charge in [0.2, 0.25) is 0 Å². The number of carbonyl (C=O) groups is 1. The van der Waals surface area contributed by atoms with Crippen LogP contribution in [0.1, 0.15) is 13.8 Å². The van der Waals surface area contributed by atoms with Crippen molar-refractivity contribution < 1.29 is 19.0 Å². The van der Waals surface area contributed by atoms with Crippen LogP contribution in [0, 0.1) is 0 Å². The fourth-order valence-corrected chi connectivity index (χ4v) is 0.790. The highest BCUT2D eigenvalue weighted by Gasteiger charge is 2.34. The molecule has 0 saturated carbocycles. The van der Waals surface area contributed by atoms with Gasteiger partial charge in [-0.3, -0.25) is 10.1 Å². The normalized spacial score (nSPS) is 14.3. The van der Waals surface area contributed by atoms with Gasteiger partial charge in [0.05, 0.1) is 6.73 Å². The van der Waals surface area contributed by atoms with Crippen molar-refractivity contribution in [3.05, 3.63) is 0 Å². The zero-order valence-corrected chi connectivity index (χ0v) is 7.43. The molecule has 2 N–H and O–H groups in total. The van der Waals surface area contributed by atoms with Crippen molar-refractivity contribution in [3.63, 3.8) is 0 Å². The number of methoxy groups -OCH3 is 1. The molecule has 0 aliphatic heterocycles. The summed E-state index contributed by atoms with van der Waals surface area (Å²) >= 11 is 0. The lowest BCUT2D eigenvalue weighted by molar-refractivity contribution is -0.143. The van der Waals surface area contributed by atoms with Crippen molar-refractivity contribution in [2.24, 2.45) is 0 Å². The minimum Gasteiger partial charge on any atom is -0.480 e. The fourth-order valence-electron chi connectivity index (χ4n) is 0.790. The average Bonchev–Trinajstić information content (AvgIpc) is 1.84. The summed E-state index contributed by atoms with van der Waals surface area (Å²) in [5, 5.41) is 11.0. The lowest BCUT2D eigenvalue weighted by atomic mass is 10.0. The maximum atomic E-state index is 13.1. The molecule has 5 heteroatoms. The van der Waals surface area contributed by atoms with E-state index in [9.17, 15) is 9.18 Å². The summed E-state index contributed by atoms with van der Waals surface area (Å²) in [6, 6.07) is -1.24. The van der Waals surface area contributed by atoms with Crippen LogP contribution >= 0.6 is 0 Å². The van der Waals surface area contributed by atoms with E-state index in [1.54, 1.807) is 0 Å². The summed E-state index contributed by atoms with van der Waals surface area (Å²) in [5.74, 6) is -1.22. The minimum absolute atomic E-state index is 0.0182. The molecule has 0 amide bonds. The largest absolute Gasteiger partial charge is 0.480 e. The molecule has 0 aromatic carbocycles. The Morgan fingerprint density at radius 3 is 2.50 bits per heavy atom. The molecule has 12 heavy (non-hydrogen) atoms. The van der Waals surface area contributed by atoms with Gasteiger partial charge in [-0.25, -0.2) is 4.39 Å². The summed E-state index contributed by atoms with van der Waals surface area (Å²) in [5.41, 5.74) is -1.80. The molecular formula is C7H14FNO3. The lowest BCUT2D eigenvalue weighted by Crippen LogP contribution is -2.50. The number of ether oxygens (including phenoxy) is 1. The maximum Gasteiger partial charge on any atom is 0.324 e. The molecular weight excluding hydrogens is 165 g/mol. The van der Waals surface area contributed by atoms with Crippen LogP contribution in [0.15, 0.2) is 0 Å². The van der Waals surface area contributed by atoms with Gasteiger partial charge >= 0.3 is 5.97 Å². The molecule has 0 aliphatic carbocycles. The summed E-state index contributed by atoms with van der Waals surface area (Å²) < 4.78 is 17.7. The lowest BCUT2D eigenvalue weighted by Gasteiger charge is -2.23. The third kappa shape index (κ3) is 3.64. The molecule has 0 aromatic rings. The fraction of sp³-hybridized carbons (Fsp3) is 0.857. The summed E-state index contributed by atoms with van der Waals surface area (Å²) in [6.07, 6.45) is 0. The number of hydrogen-bond donors (Lipinski definition) is 2. The Kier molecular flexibility index (Phi) is 4.12. The number of aliphatic carboxylic acids is 1. The van der Waals surface area contributed by atoms with Crippen molar-refractivity contribution in [2.45, 2.75) is 25.6 Å². The van der Waals surface area contributed by atoms with Crippen molar-refractivity contribution in [1.29, 1.82) is 0 Å². The third-order valence-electron chi connectivity index (χ3n) is 1.37. The van der Waals surface area contributed by atoms with Gasteiger partial charge in [0, 0.05) is 7.11 Å². The summed E-state index contributed by atoms with van der Waals surface area (Å²) in [4.78, 5) is 10.5. The van der Waals surface area contributed by atoms with Crippen LogP contribution in [0.2, 0.25) is 0 Å². The second-order valence-electron chi connectivity index (χ2n) is 2.97. The van der Waals surface area contributed by atoms with E-state index in [1.165, 1.54) is 21.0 Å². The monoisotopic (exact) mass is 179 g/mol. The van der Waals surface area contributed by atoms with Crippen LogP contribution in [-0.4, -0.2) is 36.6 Å². The first-order valence-electron chi connectivity index (χ1n) is 3.53. The molecule has 1 atom stereocenters. The number of carboxylic acids is 1. The molecule has 0 heterocycles. The van der Waals surface area contributed by atoms with Crippen LogP contribution in [-0.2, 0) is 9.53 Å². The van der Waals surface area contributed by atoms with Gasteiger partial charge in [-0.15, -0.1) is 0 Å². The van der Waals surface area contributed by atoms with Gasteiger partial charge in [0.1, 0.15) is 11.7 Å². The Bertz CT molecular complexity index is 155. The zero-order chi connectivity index (χ0) is 9.78. The molecule has 0 saturated heterocycles. The van der Waals surface area contributed by atoms with E-state index < -0.39 is 17.7 Å². The van der Waals surface area contributed by atoms with E-state index in [-0.39, 0.29) is 6.73 Å². The second-order valence-corrected chi connectivity index (χ2v) is 2.97. The number of rotatable bonds is 5. The standard InChI is InChI=1S/C7H14FNO3/c1-7(2,8)5(6(10)11)9-4-12-3/h5,9H,4H2,1-3H3,(H,10,11). The van der Waals surface area contributed by atoms with Gasteiger partial charge in [-0.05, 0) is 13.8 Å². The van der Waals surface area contributed by atoms with E-state index in [0.29, 0.717) is 0 Å². The molecule has 0 radical (unpaired) electrons. The SMILES string of the molecule is COCNC(C(=O)O)C(C)(C)F. The van der Waals surface area contributed by atoms with Crippen LogP contribution < -0.4 is 5.32 Å². The van der Waals surface area contributed by atoms with E-state index in [1.807, 2.05) is 0 Å². The Balaban J connectivity index is 4.15.